The van der Waals surface area contributed by atoms with Crippen molar-refractivity contribution in [2.45, 2.75) is 33.2 Å². The van der Waals surface area contributed by atoms with E-state index in [9.17, 15) is 4.79 Å². The highest BCUT2D eigenvalue weighted by Crippen LogP contribution is 2.20. The summed E-state index contributed by atoms with van der Waals surface area (Å²) >= 11 is 0. The average molecular weight is 341 g/mol. The number of H-pyrrole nitrogens is 1. The van der Waals surface area contributed by atoms with Crippen LogP contribution in [0.15, 0.2) is 28.8 Å². The van der Waals surface area contributed by atoms with Crippen molar-refractivity contribution in [1.82, 2.24) is 36.1 Å². The Balaban J connectivity index is 1.75. The fraction of sp³-hybridized carbons (Fsp3) is 0.375. The Labute approximate surface area is 144 Å². The van der Waals surface area contributed by atoms with E-state index in [0.717, 1.165) is 6.42 Å². The van der Waals surface area contributed by atoms with E-state index in [1.165, 1.54) is 0 Å². The largest absolute Gasteiger partial charge is 0.340 e. The van der Waals surface area contributed by atoms with Crippen molar-refractivity contribution in [2.75, 3.05) is 0 Å². The van der Waals surface area contributed by atoms with E-state index in [4.69, 9.17) is 4.52 Å². The molecule has 9 nitrogen and oxygen atoms in total. The molecule has 25 heavy (non-hydrogen) atoms. The zero-order valence-corrected chi connectivity index (χ0v) is 14.2. The third-order valence-electron chi connectivity index (χ3n) is 3.55. The van der Waals surface area contributed by atoms with E-state index in [0.29, 0.717) is 34.6 Å². The highest BCUT2D eigenvalue weighted by Gasteiger charge is 2.20. The van der Waals surface area contributed by atoms with Crippen LogP contribution in [0.1, 0.15) is 48.9 Å². The summed E-state index contributed by atoms with van der Waals surface area (Å²) in [6.07, 6.45) is 0.727. The topological polar surface area (TPSA) is 122 Å². The van der Waals surface area contributed by atoms with E-state index >= 15 is 0 Å². The molecule has 2 heterocycles. The summed E-state index contributed by atoms with van der Waals surface area (Å²) in [7, 11) is 0. The molecule has 0 spiro atoms. The lowest BCUT2D eigenvalue weighted by molar-refractivity contribution is 0.0933. The molecule has 130 valence electrons. The lowest BCUT2D eigenvalue weighted by Crippen LogP contribution is -2.27. The Morgan fingerprint density at radius 3 is 2.80 bits per heavy atom. The molecule has 0 bridgehead atoms. The second-order valence-electron chi connectivity index (χ2n) is 6.12. The van der Waals surface area contributed by atoms with Gasteiger partial charge in [0.2, 0.25) is 11.7 Å². The van der Waals surface area contributed by atoms with Gasteiger partial charge in [0.1, 0.15) is 6.04 Å². The van der Waals surface area contributed by atoms with Crippen LogP contribution >= 0.6 is 0 Å². The predicted molar refractivity (Wildman–Crippen MR) is 88.3 cm³/mol. The predicted octanol–water partition coefficient (Wildman–Crippen LogP) is 1.94. The first kappa shape index (κ1) is 16.7. The van der Waals surface area contributed by atoms with Gasteiger partial charge in [-0.2, -0.15) is 10.2 Å². The molecule has 2 N–H and O–H groups in total. The van der Waals surface area contributed by atoms with Crippen molar-refractivity contribution in [1.29, 1.82) is 0 Å². The van der Waals surface area contributed by atoms with Gasteiger partial charge in [0.15, 0.2) is 5.82 Å². The zero-order valence-electron chi connectivity index (χ0n) is 14.2. The molecule has 0 saturated heterocycles. The number of rotatable bonds is 6. The van der Waals surface area contributed by atoms with Crippen molar-refractivity contribution in [3.8, 4) is 11.4 Å². The van der Waals surface area contributed by atoms with E-state index in [-0.39, 0.29) is 5.91 Å². The fourth-order valence-electron chi connectivity index (χ4n) is 2.38. The molecular formula is C16H19N7O2. The van der Waals surface area contributed by atoms with Gasteiger partial charge < -0.3 is 9.84 Å². The van der Waals surface area contributed by atoms with Gasteiger partial charge in [0.05, 0.1) is 5.56 Å². The number of hydrogen-bond acceptors (Lipinski definition) is 7. The lowest BCUT2D eigenvalue weighted by Gasteiger charge is -2.11. The monoisotopic (exact) mass is 341 g/mol. The number of carbonyl (C=O) groups excluding carboxylic acids is 1. The van der Waals surface area contributed by atoms with Crippen molar-refractivity contribution in [2.24, 2.45) is 5.92 Å². The molecule has 1 atom stereocenters. The molecule has 0 aliphatic rings. The highest BCUT2D eigenvalue weighted by molar-refractivity contribution is 6.00. The second-order valence-corrected chi connectivity index (χ2v) is 6.12. The molecule has 0 aliphatic carbocycles. The van der Waals surface area contributed by atoms with Crippen LogP contribution in [-0.4, -0.2) is 36.7 Å². The van der Waals surface area contributed by atoms with Crippen LogP contribution in [0.2, 0.25) is 0 Å². The maximum Gasteiger partial charge on any atom is 0.252 e. The number of hydrogen-bond donors (Lipinski definition) is 2. The van der Waals surface area contributed by atoms with Crippen LogP contribution in [0.25, 0.3) is 11.4 Å². The number of benzene rings is 1. The highest BCUT2D eigenvalue weighted by atomic mass is 16.5. The number of amides is 1. The van der Waals surface area contributed by atoms with Gasteiger partial charge in [-0.05, 0) is 24.1 Å². The third kappa shape index (κ3) is 3.87. The van der Waals surface area contributed by atoms with Crippen molar-refractivity contribution in [3.63, 3.8) is 0 Å². The second kappa shape index (κ2) is 7.20. The third-order valence-corrected chi connectivity index (χ3v) is 3.55. The summed E-state index contributed by atoms with van der Waals surface area (Å²) in [5.74, 6) is 1.52. The molecule has 0 fully saturated rings. The van der Waals surface area contributed by atoms with Crippen LogP contribution in [-0.2, 0) is 6.42 Å². The van der Waals surface area contributed by atoms with Crippen molar-refractivity contribution in [3.05, 3.63) is 41.5 Å². The number of carbonyl (C=O) groups is 1. The fourth-order valence-corrected chi connectivity index (χ4v) is 2.38. The first-order valence-corrected chi connectivity index (χ1v) is 8.00. The van der Waals surface area contributed by atoms with Gasteiger partial charge in [-0.25, -0.2) is 0 Å². The Hall–Kier alpha value is -3.10. The molecular weight excluding hydrogens is 322 g/mol. The molecule has 0 saturated carbocycles. The standard InChI is InChI=1S/C16H19N7O2/c1-9(2)8-13-18-16(25-21-13)10(3)17-15(24)12-7-5-4-6-11(12)14-19-22-23-20-14/h4-7,9-10H,8H2,1-3H3,(H,17,24)(H,19,20,22,23)/t10-/m0/s1. The summed E-state index contributed by atoms with van der Waals surface area (Å²) in [4.78, 5) is 17.0. The Bertz CT molecular complexity index is 842. The van der Waals surface area contributed by atoms with Gasteiger partial charge in [0.25, 0.3) is 5.91 Å². The van der Waals surface area contributed by atoms with E-state index < -0.39 is 6.04 Å². The Morgan fingerprint density at radius 2 is 2.08 bits per heavy atom. The molecule has 1 aromatic carbocycles. The Morgan fingerprint density at radius 1 is 1.28 bits per heavy atom. The van der Waals surface area contributed by atoms with Crippen LogP contribution in [0.4, 0.5) is 0 Å². The molecule has 3 aromatic rings. The summed E-state index contributed by atoms with van der Waals surface area (Å²) < 4.78 is 5.25. The van der Waals surface area contributed by atoms with E-state index in [1.807, 2.05) is 6.07 Å². The van der Waals surface area contributed by atoms with Gasteiger partial charge in [0, 0.05) is 12.0 Å². The van der Waals surface area contributed by atoms with Crippen LogP contribution in [0, 0.1) is 5.92 Å². The number of aromatic amines is 1. The van der Waals surface area contributed by atoms with Crippen LogP contribution < -0.4 is 5.32 Å². The van der Waals surface area contributed by atoms with Gasteiger partial charge >= 0.3 is 0 Å². The van der Waals surface area contributed by atoms with Crippen molar-refractivity contribution >= 4 is 5.91 Å². The SMILES string of the molecule is CC(C)Cc1noc([C@H](C)NC(=O)c2ccccc2-c2nn[nH]n2)n1. The first-order chi connectivity index (χ1) is 12.0. The molecule has 2 aromatic heterocycles. The van der Waals surface area contributed by atoms with E-state index in [1.54, 1.807) is 25.1 Å². The Kier molecular flexibility index (Phi) is 4.82. The molecule has 0 unspecified atom stereocenters. The summed E-state index contributed by atoms with van der Waals surface area (Å²) in [5.41, 5.74) is 1.03. The minimum atomic E-state index is -0.417. The maximum atomic E-state index is 12.6. The molecule has 3 rings (SSSR count). The van der Waals surface area contributed by atoms with Crippen LogP contribution in [0.5, 0.6) is 0 Å². The number of aromatic nitrogens is 6. The summed E-state index contributed by atoms with van der Waals surface area (Å²) in [5, 5.41) is 20.6. The van der Waals surface area contributed by atoms with Crippen LogP contribution in [0.3, 0.4) is 0 Å². The lowest BCUT2D eigenvalue weighted by atomic mass is 10.1. The van der Waals surface area contributed by atoms with Crippen molar-refractivity contribution < 1.29 is 9.32 Å². The summed E-state index contributed by atoms with van der Waals surface area (Å²) in [6, 6.07) is 6.63. The number of nitrogens with zero attached hydrogens (tertiary/aromatic N) is 5. The van der Waals surface area contributed by atoms with Gasteiger partial charge in [-0.1, -0.05) is 37.2 Å². The molecule has 9 heteroatoms. The number of nitrogens with one attached hydrogen (secondary N) is 2. The minimum absolute atomic E-state index is 0.281. The van der Waals surface area contributed by atoms with E-state index in [2.05, 4.69) is 49.9 Å². The molecule has 1 amide bonds. The number of tetrazole rings is 1. The average Bonchev–Trinajstić information content (AvgIpc) is 3.26. The smallest absolute Gasteiger partial charge is 0.252 e. The maximum absolute atomic E-state index is 12.6. The zero-order chi connectivity index (χ0) is 17.8. The quantitative estimate of drug-likeness (QED) is 0.702. The normalized spacial score (nSPS) is 12.3. The minimum Gasteiger partial charge on any atom is -0.340 e. The molecule has 0 radical (unpaired) electrons. The first-order valence-electron chi connectivity index (χ1n) is 8.00. The molecule has 0 aliphatic heterocycles. The van der Waals surface area contributed by atoms with Gasteiger partial charge in [-0.15, -0.1) is 10.2 Å². The summed E-state index contributed by atoms with van der Waals surface area (Å²) in [6.45, 7) is 5.95. The van der Waals surface area contributed by atoms with Gasteiger partial charge in [-0.3, -0.25) is 4.79 Å².